The molecule has 0 aliphatic heterocycles. The lowest BCUT2D eigenvalue weighted by Gasteiger charge is -2.24. The molecular formula is C48H34N2. The summed E-state index contributed by atoms with van der Waals surface area (Å²) in [6, 6.07) is 45.3. The van der Waals surface area contributed by atoms with Gasteiger partial charge in [0.15, 0.2) is 0 Å². The summed E-state index contributed by atoms with van der Waals surface area (Å²) in [6.07, 6.45) is 3.93. The first-order chi connectivity index (χ1) is 24.3. The van der Waals surface area contributed by atoms with E-state index in [0.29, 0.717) is 0 Å². The molecule has 2 aromatic heterocycles. The van der Waals surface area contributed by atoms with Gasteiger partial charge in [-0.2, -0.15) is 0 Å². The molecule has 2 aliphatic carbocycles. The van der Waals surface area contributed by atoms with Gasteiger partial charge in [-0.25, -0.2) is 0 Å². The molecular weight excluding hydrogens is 605 g/mol. The predicted molar refractivity (Wildman–Crippen MR) is 209 cm³/mol. The molecule has 2 aliphatic rings. The van der Waals surface area contributed by atoms with Crippen molar-refractivity contribution >= 4 is 43.2 Å². The Hall–Kier alpha value is -5.86. The van der Waals surface area contributed by atoms with E-state index in [9.17, 15) is 0 Å². The normalized spacial score (nSPS) is 15.1. The van der Waals surface area contributed by atoms with Crippen molar-refractivity contribution in [3.63, 3.8) is 0 Å². The van der Waals surface area contributed by atoms with Gasteiger partial charge in [0.2, 0.25) is 0 Å². The van der Waals surface area contributed by atoms with Crippen LogP contribution in [0.3, 0.4) is 0 Å². The Bertz CT molecular complexity index is 2910. The van der Waals surface area contributed by atoms with Crippen LogP contribution in [-0.2, 0) is 10.8 Å². The predicted octanol–water partition coefficient (Wildman–Crippen LogP) is 12.5. The fourth-order valence-corrected chi connectivity index (χ4v) is 9.46. The van der Waals surface area contributed by atoms with E-state index in [1.54, 1.807) is 0 Å². The van der Waals surface area contributed by atoms with Gasteiger partial charge in [-0.3, -0.25) is 9.97 Å². The van der Waals surface area contributed by atoms with E-state index in [4.69, 9.17) is 4.98 Å². The third-order valence-corrected chi connectivity index (χ3v) is 12.1. The Kier molecular flexibility index (Phi) is 5.28. The van der Waals surface area contributed by atoms with Gasteiger partial charge in [0.25, 0.3) is 0 Å². The van der Waals surface area contributed by atoms with Crippen LogP contribution >= 0.6 is 0 Å². The zero-order chi connectivity index (χ0) is 33.5. The summed E-state index contributed by atoms with van der Waals surface area (Å²) in [5.41, 5.74) is 16.3. The zero-order valence-electron chi connectivity index (χ0n) is 28.6. The van der Waals surface area contributed by atoms with Crippen molar-refractivity contribution in [1.29, 1.82) is 0 Å². The van der Waals surface area contributed by atoms with Crippen LogP contribution in [0.25, 0.3) is 87.9 Å². The van der Waals surface area contributed by atoms with Gasteiger partial charge < -0.3 is 0 Å². The summed E-state index contributed by atoms with van der Waals surface area (Å²) in [5.74, 6) is 0. The molecule has 236 valence electrons. The third kappa shape index (κ3) is 3.53. The first-order valence-corrected chi connectivity index (χ1v) is 17.6. The van der Waals surface area contributed by atoms with E-state index in [2.05, 4.69) is 142 Å². The first kappa shape index (κ1) is 28.0. The maximum Gasteiger partial charge on any atom is 0.0718 e. The number of rotatable bonds is 2. The standard InChI is InChI=1S/C48H34N2/c1-47(2)37-11-7-6-10-33(37)45-35-18-14-30-24-40-46(36-19-15-29(23-39(45)47)43(35)44(30)36)34-17-13-27(22-38(34)48(40,3)4)31-16-20-42(49-25-31)32-21-28-9-5-8-12-41(28)50-26-32/h5-26H,1-4H3. The van der Waals surface area contributed by atoms with Crippen molar-refractivity contribution in [2.45, 2.75) is 38.5 Å². The summed E-state index contributed by atoms with van der Waals surface area (Å²) >= 11 is 0. The monoisotopic (exact) mass is 638 g/mol. The molecule has 50 heavy (non-hydrogen) atoms. The van der Waals surface area contributed by atoms with Crippen LogP contribution in [0, 0.1) is 0 Å². The molecule has 0 saturated carbocycles. The molecule has 0 saturated heterocycles. The molecule has 2 nitrogen and oxygen atoms in total. The number of hydrogen-bond acceptors (Lipinski definition) is 2. The Labute approximate surface area is 291 Å². The average molecular weight is 639 g/mol. The number of para-hydroxylation sites is 1. The van der Waals surface area contributed by atoms with Crippen molar-refractivity contribution < 1.29 is 0 Å². The lowest BCUT2D eigenvalue weighted by molar-refractivity contribution is 0.661. The number of nitrogens with zero attached hydrogens (tertiary/aromatic N) is 2. The number of pyridine rings is 2. The van der Waals surface area contributed by atoms with Gasteiger partial charge in [-0.15, -0.1) is 0 Å². The second-order valence-corrected chi connectivity index (χ2v) is 15.4. The second-order valence-electron chi connectivity index (χ2n) is 15.4. The van der Waals surface area contributed by atoms with E-state index in [1.165, 1.54) is 82.4 Å². The van der Waals surface area contributed by atoms with Gasteiger partial charge in [0, 0.05) is 39.7 Å². The van der Waals surface area contributed by atoms with Crippen LogP contribution in [0.15, 0.2) is 134 Å². The van der Waals surface area contributed by atoms with Crippen molar-refractivity contribution in [3.05, 3.63) is 156 Å². The molecule has 0 unspecified atom stereocenters. The Morgan fingerprint density at radius 1 is 0.420 bits per heavy atom. The summed E-state index contributed by atoms with van der Waals surface area (Å²) in [7, 11) is 0. The van der Waals surface area contributed by atoms with Crippen LogP contribution in [0.2, 0.25) is 0 Å². The van der Waals surface area contributed by atoms with Crippen LogP contribution in [-0.4, -0.2) is 9.97 Å². The summed E-state index contributed by atoms with van der Waals surface area (Å²) < 4.78 is 0. The summed E-state index contributed by atoms with van der Waals surface area (Å²) in [5, 5.41) is 9.30. The van der Waals surface area contributed by atoms with Gasteiger partial charge in [0.05, 0.1) is 11.2 Å². The van der Waals surface area contributed by atoms with Gasteiger partial charge in [-0.05, 0) is 119 Å². The SMILES string of the molecule is CC1(C)c2ccccc2-c2c1cc1ccc3c4c(cc5ccc2c1c53)C(C)(C)c1cc(-c2ccc(-c3cnc5ccccc5c3)nc2)ccc1-4. The highest BCUT2D eigenvalue weighted by molar-refractivity contribution is 6.29. The van der Waals surface area contributed by atoms with Crippen molar-refractivity contribution in [2.24, 2.45) is 0 Å². The quantitative estimate of drug-likeness (QED) is 0.176. The molecule has 0 atom stereocenters. The van der Waals surface area contributed by atoms with Crippen LogP contribution in [0.4, 0.5) is 0 Å². The molecule has 0 bridgehead atoms. The lowest BCUT2D eigenvalue weighted by atomic mass is 9.79. The fourth-order valence-electron chi connectivity index (χ4n) is 9.46. The molecule has 0 amide bonds. The number of aromatic nitrogens is 2. The van der Waals surface area contributed by atoms with Crippen LogP contribution in [0.1, 0.15) is 49.9 Å². The van der Waals surface area contributed by atoms with Crippen LogP contribution < -0.4 is 0 Å². The minimum atomic E-state index is -0.139. The largest absolute Gasteiger partial charge is 0.256 e. The van der Waals surface area contributed by atoms with Crippen LogP contribution in [0.5, 0.6) is 0 Å². The van der Waals surface area contributed by atoms with Gasteiger partial charge >= 0.3 is 0 Å². The smallest absolute Gasteiger partial charge is 0.0718 e. The summed E-state index contributed by atoms with van der Waals surface area (Å²) in [4.78, 5) is 9.55. The Balaban J connectivity index is 1.06. The highest BCUT2D eigenvalue weighted by Crippen LogP contribution is 2.57. The molecule has 0 spiro atoms. The molecule has 11 rings (SSSR count). The number of fused-ring (bicyclic) bond motifs is 9. The second kappa shape index (κ2) is 9.43. The minimum absolute atomic E-state index is 0.0260. The third-order valence-electron chi connectivity index (χ3n) is 12.1. The number of benzene rings is 7. The van der Waals surface area contributed by atoms with E-state index in [1.807, 2.05) is 24.5 Å². The molecule has 0 radical (unpaired) electrons. The van der Waals surface area contributed by atoms with Gasteiger partial charge in [0.1, 0.15) is 0 Å². The number of hydrogen-bond donors (Lipinski definition) is 0. The van der Waals surface area contributed by atoms with E-state index in [0.717, 1.165) is 27.7 Å². The zero-order valence-corrected chi connectivity index (χ0v) is 28.6. The summed E-state index contributed by atoms with van der Waals surface area (Å²) in [6.45, 7) is 9.53. The first-order valence-electron chi connectivity index (χ1n) is 17.6. The molecule has 7 aromatic carbocycles. The van der Waals surface area contributed by atoms with E-state index >= 15 is 0 Å². The Morgan fingerprint density at radius 2 is 1.04 bits per heavy atom. The topological polar surface area (TPSA) is 25.8 Å². The highest BCUT2D eigenvalue weighted by atomic mass is 14.7. The maximum absolute atomic E-state index is 4.90. The van der Waals surface area contributed by atoms with Crippen molar-refractivity contribution in [2.75, 3.05) is 0 Å². The minimum Gasteiger partial charge on any atom is -0.256 e. The Morgan fingerprint density at radius 3 is 1.76 bits per heavy atom. The average Bonchev–Trinajstić information content (AvgIpc) is 3.52. The maximum atomic E-state index is 4.90. The molecule has 9 aromatic rings. The van der Waals surface area contributed by atoms with Gasteiger partial charge in [-0.1, -0.05) is 113 Å². The molecule has 0 fully saturated rings. The van der Waals surface area contributed by atoms with Crippen molar-refractivity contribution in [1.82, 2.24) is 9.97 Å². The van der Waals surface area contributed by atoms with E-state index < -0.39 is 0 Å². The fraction of sp³-hybridized carbons (Fsp3) is 0.125. The van der Waals surface area contributed by atoms with Crippen molar-refractivity contribution in [3.8, 4) is 44.6 Å². The molecule has 0 N–H and O–H groups in total. The molecule has 2 heteroatoms. The lowest BCUT2D eigenvalue weighted by Crippen LogP contribution is -2.15. The highest BCUT2D eigenvalue weighted by Gasteiger charge is 2.39. The van der Waals surface area contributed by atoms with E-state index in [-0.39, 0.29) is 10.8 Å². The molecule has 2 heterocycles.